The fraction of sp³-hybridized carbons (Fsp3) is 0.533. The monoisotopic (exact) mass is 280 g/mol. The van der Waals surface area contributed by atoms with Crippen molar-refractivity contribution in [3.05, 3.63) is 23.8 Å². The summed E-state index contributed by atoms with van der Waals surface area (Å²) >= 11 is 0. The van der Waals surface area contributed by atoms with Gasteiger partial charge in [-0.25, -0.2) is 0 Å². The van der Waals surface area contributed by atoms with Crippen LogP contribution in [0.5, 0.6) is 11.5 Å². The van der Waals surface area contributed by atoms with Crippen molar-refractivity contribution in [2.75, 3.05) is 20.2 Å². The lowest BCUT2D eigenvalue weighted by Crippen LogP contribution is -2.40. The summed E-state index contributed by atoms with van der Waals surface area (Å²) in [4.78, 5) is 13.9. The molecule has 5 heteroatoms. The van der Waals surface area contributed by atoms with Crippen LogP contribution < -0.4 is 15.2 Å². The Balaban J connectivity index is 2.88. The van der Waals surface area contributed by atoms with Crippen molar-refractivity contribution in [1.29, 1.82) is 0 Å². The molecule has 1 aromatic carbocycles. The molecule has 1 rings (SSSR count). The number of nitrogens with two attached hydrogens (primary N) is 1. The number of carbonyl (C=O) groups excluding carboxylic acids is 1. The minimum atomic E-state index is -0.558. The molecule has 1 atom stereocenters. The molecular formula is C15H24N2O3. The Kier molecular flexibility index (Phi) is 6.31. The molecule has 0 saturated carbocycles. The zero-order valence-corrected chi connectivity index (χ0v) is 12.7. The molecule has 0 bridgehead atoms. The molecule has 1 aromatic rings. The first kappa shape index (κ1) is 16.3. The van der Waals surface area contributed by atoms with Crippen LogP contribution in [0.15, 0.2) is 18.2 Å². The van der Waals surface area contributed by atoms with E-state index in [9.17, 15) is 4.79 Å². The summed E-state index contributed by atoms with van der Waals surface area (Å²) in [7, 11) is 1.57. The third-order valence-corrected chi connectivity index (χ3v) is 3.19. The van der Waals surface area contributed by atoms with Gasteiger partial charge in [-0.05, 0) is 38.5 Å². The number of carbonyl (C=O) groups is 1. The van der Waals surface area contributed by atoms with Gasteiger partial charge in [0.05, 0.1) is 7.11 Å². The van der Waals surface area contributed by atoms with Crippen LogP contribution in [-0.2, 0) is 11.3 Å². The fourth-order valence-corrected chi connectivity index (χ4v) is 1.97. The van der Waals surface area contributed by atoms with Crippen LogP contribution in [0.3, 0.4) is 0 Å². The van der Waals surface area contributed by atoms with E-state index in [0.717, 1.165) is 5.56 Å². The normalized spacial score (nSPS) is 11.8. The molecule has 1 unspecified atom stereocenters. The number of hydrogen-bond acceptors (Lipinski definition) is 4. The maximum Gasteiger partial charge on any atom is 0.263 e. The average Bonchev–Trinajstić information content (AvgIpc) is 2.48. The second-order valence-electron chi connectivity index (χ2n) is 4.46. The van der Waals surface area contributed by atoms with E-state index in [-0.39, 0.29) is 5.91 Å². The maximum absolute atomic E-state index is 12.2. The van der Waals surface area contributed by atoms with Crippen molar-refractivity contribution in [3.8, 4) is 11.5 Å². The SMILES string of the molecule is CCN(CC)C(=O)C(C)Oc1cc(CN)ccc1OC. The molecule has 0 heterocycles. The summed E-state index contributed by atoms with van der Waals surface area (Å²) in [6.45, 7) is 7.40. The van der Waals surface area contributed by atoms with Crippen molar-refractivity contribution in [1.82, 2.24) is 4.90 Å². The minimum absolute atomic E-state index is 0.0322. The number of ether oxygens (including phenoxy) is 2. The summed E-state index contributed by atoms with van der Waals surface area (Å²) in [5.41, 5.74) is 6.55. The zero-order chi connectivity index (χ0) is 15.1. The molecule has 0 aliphatic rings. The summed E-state index contributed by atoms with van der Waals surface area (Å²) in [5, 5.41) is 0. The molecule has 20 heavy (non-hydrogen) atoms. The van der Waals surface area contributed by atoms with Gasteiger partial charge < -0.3 is 20.1 Å². The highest BCUT2D eigenvalue weighted by atomic mass is 16.5. The molecular weight excluding hydrogens is 256 g/mol. The number of amides is 1. The van der Waals surface area contributed by atoms with Crippen LogP contribution in [0.25, 0.3) is 0 Å². The topological polar surface area (TPSA) is 64.8 Å². The quantitative estimate of drug-likeness (QED) is 0.827. The van der Waals surface area contributed by atoms with Gasteiger partial charge in [0.25, 0.3) is 5.91 Å². The molecule has 112 valence electrons. The van der Waals surface area contributed by atoms with E-state index in [1.165, 1.54) is 0 Å². The number of rotatable bonds is 7. The summed E-state index contributed by atoms with van der Waals surface area (Å²) < 4.78 is 11.0. The van der Waals surface area contributed by atoms with Gasteiger partial charge in [-0.15, -0.1) is 0 Å². The molecule has 0 fully saturated rings. The van der Waals surface area contributed by atoms with Crippen LogP contribution >= 0.6 is 0 Å². The smallest absolute Gasteiger partial charge is 0.263 e. The van der Waals surface area contributed by atoms with E-state index in [1.54, 1.807) is 25.0 Å². The fourth-order valence-electron chi connectivity index (χ4n) is 1.97. The number of benzene rings is 1. The summed E-state index contributed by atoms with van der Waals surface area (Å²) in [5.74, 6) is 1.11. The van der Waals surface area contributed by atoms with Crippen molar-refractivity contribution in [2.45, 2.75) is 33.4 Å². The zero-order valence-electron chi connectivity index (χ0n) is 12.7. The Bertz CT molecular complexity index is 445. The van der Waals surface area contributed by atoms with Crippen molar-refractivity contribution >= 4 is 5.91 Å². The number of methoxy groups -OCH3 is 1. The molecule has 0 aromatic heterocycles. The highest BCUT2D eigenvalue weighted by Crippen LogP contribution is 2.29. The van der Waals surface area contributed by atoms with Gasteiger partial charge in [0.1, 0.15) is 0 Å². The molecule has 0 aliphatic carbocycles. The molecule has 0 radical (unpaired) electrons. The third kappa shape index (κ3) is 3.87. The first-order valence-electron chi connectivity index (χ1n) is 6.89. The van der Waals surface area contributed by atoms with Gasteiger partial charge in [0, 0.05) is 19.6 Å². The standard InChI is InChI=1S/C15H24N2O3/c1-5-17(6-2)15(18)11(3)20-14-9-12(10-16)7-8-13(14)19-4/h7-9,11H,5-6,10,16H2,1-4H3. The van der Waals surface area contributed by atoms with Gasteiger partial charge in [0.15, 0.2) is 17.6 Å². The Morgan fingerprint density at radius 2 is 1.95 bits per heavy atom. The first-order valence-corrected chi connectivity index (χ1v) is 6.89. The van der Waals surface area contributed by atoms with E-state index in [4.69, 9.17) is 15.2 Å². The molecule has 0 spiro atoms. The van der Waals surface area contributed by atoms with Crippen molar-refractivity contribution < 1.29 is 14.3 Å². The Labute approximate surface area is 120 Å². The molecule has 1 amide bonds. The Morgan fingerprint density at radius 3 is 2.45 bits per heavy atom. The first-order chi connectivity index (χ1) is 9.57. The van der Waals surface area contributed by atoms with Crippen molar-refractivity contribution in [3.63, 3.8) is 0 Å². The van der Waals surface area contributed by atoms with Gasteiger partial charge in [-0.1, -0.05) is 6.07 Å². The van der Waals surface area contributed by atoms with Crippen LogP contribution in [0.2, 0.25) is 0 Å². The second-order valence-corrected chi connectivity index (χ2v) is 4.46. The van der Waals surface area contributed by atoms with Crippen LogP contribution in [0.4, 0.5) is 0 Å². The maximum atomic E-state index is 12.2. The largest absolute Gasteiger partial charge is 0.493 e. The van der Waals surface area contributed by atoms with E-state index in [2.05, 4.69) is 0 Å². The summed E-state index contributed by atoms with van der Waals surface area (Å²) in [6.07, 6.45) is -0.558. The lowest BCUT2D eigenvalue weighted by Gasteiger charge is -2.24. The lowest BCUT2D eigenvalue weighted by molar-refractivity contribution is -0.137. The van der Waals surface area contributed by atoms with Crippen molar-refractivity contribution in [2.24, 2.45) is 5.73 Å². The van der Waals surface area contributed by atoms with E-state index in [1.807, 2.05) is 26.0 Å². The molecule has 2 N–H and O–H groups in total. The van der Waals surface area contributed by atoms with Gasteiger partial charge >= 0.3 is 0 Å². The van der Waals surface area contributed by atoms with Crippen LogP contribution in [0, 0.1) is 0 Å². The number of hydrogen-bond donors (Lipinski definition) is 1. The third-order valence-electron chi connectivity index (χ3n) is 3.19. The highest BCUT2D eigenvalue weighted by Gasteiger charge is 2.21. The summed E-state index contributed by atoms with van der Waals surface area (Å²) in [6, 6.07) is 5.49. The average molecular weight is 280 g/mol. The molecule has 0 saturated heterocycles. The highest BCUT2D eigenvalue weighted by molar-refractivity contribution is 5.81. The number of nitrogens with zero attached hydrogens (tertiary/aromatic N) is 1. The predicted octanol–water partition coefficient (Wildman–Crippen LogP) is 1.79. The van der Waals surface area contributed by atoms with E-state index >= 15 is 0 Å². The predicted molar refractivity (Wildman–Crippen MR) is 78.9 cm³/mol. The molecule has 5 nitrogen and oxygen atoms in total. The Morgan fingerprint density at radius 1 is 1.30 bits per heavy atom. The lowest BCUT2D eigenvalue weighted by atomic mass is 10.2. The van der Waals surface area contributed by atoms with Gasteiger partial charge in [0.2, 0.25) is 0 Å². The second kappa shape index (κ2) is 7.75. The van der Waals surface area contributed by atoms with Crippen LogP contribution in [0.1, 0.15) is 26.3 Å². The van der Waals surface area contributed by atoms with Gasteiger partial charge in [-0.3, -0.25) is 4.79 Å². The number of likely N-dealkylation sites (N-methyl/N-ethyl adjacent to an activating group) is 1. The van der Waals surface area contributed by atoms with E-state index in [0.29, 0.717) is 31.1 Å². The Hall–Kier alpha value is -1.75. The minimum Gasteiger partial charge on any atom is -0.493 e. The van der Waals surface area contributed by atoms with E-state index < -0.39 is 6.10 Å². The molecule has 0 aliphatic heterocycles. The van der Waals surface area contributed by atoms with Gasteiger partial charge in [-0.2, -0.15) is 0 Å². The van der Waals surface area contributed by atoms with Crippen LogP contribution in [-0.4, -0.2) is 37.1 Å².